The third kappa shape index (κ3) is 7.29. The zero-order chi connectivity index (χ0) is 26.1. The van der Waals surface area contributed by atoms with E-state index in [1.54, 1.807) is 24.3 Å². The first kappa shape index (κ1) is 25.7. The maximum Gasteiger partial charge on any atom is 0.338 e. The summed E-state index contributed by atoms with van der Waals surface area (Å²) in [5.41, 5.74) is 0.745. The van der Waals surface area contributed by atoms with Gasteiger partial charge in [-0.15, -0.1) is 0 Å². The van der Waals surface area contributed by atoms with Gasteiger partial charge < -0.3 is 24.8 Å². The second-order valence-electron chi connectivity index (χ2n) is 7.44. The number of rotatable bonds is 10. The number of anilines is 2. The van der Waals surface area contributed by atoms with Gasteiger partial charge in [-0.3, -0.25) is 19.7 Å². The highest BCUT2D eigenvalue weighted by atomic mass is 16.6. The molecule has 0 heterocycles. The van der Waals surface area contributed by atoms with E-state index in [1.807, 2.05) is 0 Å². The molecule has 0 spiro atoms. The van der Waals surface area contributed by atoms with Gasteiger partial charge in [0.25, 0.3) is 17.5 Å². The highest BCUT2D eigenvalue weighted by Crippen LogP contribution is 2.19. The third-order valence-electron chi connectivity index (χ3n) is 4.79. The van der Waals surface area contributed by atoms with Crippen LogP contribution in [0.4, 0.5) is 17.1 Å². The Bertz CT molecular complexity index is 1260. The summed E-state index contributed by atoms with van der Waals surface area (Å²) < 4.78 is 15.7. The lowest BCUT2D eigenvalue weighted by Gasteiger charge is -2.14. The number of nitro benzene ring substituents is 1. The first-order valence-electron chi connectivity index (χ1n) is 10.7. The Morgan fingerprint density at radius 3 is 2.25 bits per heavy atom. The molecule has 0 aliphatic carbocycles. The second-order valence-corrected chi connectivity index (χ2v) is 7.44. The van der Waals surface area contributed by atoms with Crippen LogP contribution in [-0.4, -0.2) is 42.5 Å². The van der Waals surface area contributed by atoms with E-state index in [0.29, 0.717) is 17.2 Å². The summed E-state index contributed by atoms with van der Waals surface area (Å²) in [6.45, 7) is 1.12. The van der Waals surface area contributed by atoms with E-state index in [-0.39, 0.29) is 29.5 Å². The van der Waals surface area contributed by atoms with Crippen LogP contribution in [0.5, 0.6) is 11.5 Å². The van der Waals surface area contributed by atoms with Crippen molar-refractivity contribution in [3.63, 3.8) is 0 Å². The topological polar surface area (TPSA) is 146 Å². The number of hydrogen-bond acceptors (Lipinski definition) is 8. The minimum Gasteiger partial charge on any atom is -0.497 e. The third-order valence-corrected chi connectivity index (χ3v) is 4.79. The van der Waals surface area contributed by atoms with Gasteiger partial charge in [0.1, 0.15) is 11.5 Å². The fourth-order valence-corrected chi connectivity index (χ4v) is 2.96. The average Bonchev–Trinajstić information content (AvgIpc) is 2.88. The van der Waals surface area contributed by atoms with E-state index >= 15 is 0 Å². The number of non-ortho nitro benzene ring substituents is 1. The quantitative estimate of drug-likeness (QED) is 0.246. The minimum atomic E-state index is -1.16. The molecule has 0 fully saturated rings. The number of nitrogens with one attached hydrogen (secondary N) is 2. The summed E-state index contributed by atoms with van der Waals surface area (Å²) in [5.74, 6) is -0.823. The SMILES string of the molecule is COc1cccc(NC(=O)COc2ccc(C(=O)OC(C)C(=O)Nc3cccc([N+](=O)[O-])c3)cc2)c1. The van der Waals surface area contributed by atoms with Gasteiger partial charge in [-0.25, -0.2) is 4.79 Å². The van der Waals surface area contributed by atoms with E-state index in [4.69, 9.17) is 14.2 Å². The first-order valence-corrected chi connectivity index (χ1v) is 10.7. The summed E-state index contributed by atoms with van der Waals surface area (Å²) in [5, 5.41) is 16.0. The molecule has 11 heteroatoms. The summed E-state index contributed by atoms with van der Waals surface area (Å²) >= 11 is 0. The van der Waals surface area contributed by atoms with Crippen LogP contribution in [0.1, 0.15) is 17.3 Å². The molecule has 2 amide bonds. The first-order chi connectivity index (χ1) is 17.2. The van der Waals surface area contributed by atoms with Gasteiger partial charge in [-0.1, -0.05) is 12.1 Å². The van der Waals surface area contributed by atoms with Crippen molar-refractivity contribution in [2.75, 3.05) is 24.4 Å². The predicted octanol–water partition coefficient (Wildman–Crippen LogP) is 3.80. The van der Waals surface area contributed by atoms with Gasteiger partial charge in [-0.2, -0.15) is 0 Å². The summed E-state index contributed by atoms with van der Waals surface area (Å²) in [7, 11) is 1.53. The van der Waals surface area contributed by atoms with Crippen molar-refractivity contribution in [1.82, 2.24) is 0 Å². The minimum absolute atomic E-state index is 0.165. The summed E-state index contributed by atoms with van der Waals surface area (Å²) in [6, 6.07) is 18.1. The van der Waals surface area contributed by atoms with Gasteiger partial charge in [-0.05, 0) is 49.4 Å². The van der Waals surface area contributed by atoms with Crippen LogP contribution in [0, 0.1) is 10.1 Å². The number of carbonyl (C=O) groups excluding carboxylic acids is 3. The van der Waals surface area contributed by atoms with E-state index < -0.39 is 22.9 Å². The van der Waals surface area contributed by atoms with Crippen LogP contribution in [0.3, 0.4) is 0 Å². The zero-order valence-corrected chi connectivity index (χ0v) is 19.4. The fraction of sp³-hybridized carbons (Fsp3) is 0.160. The van der Waals surface area contributed by atoms with Crippen molar-refractivity contribution >= 4 is 34.8 Å². The molecule has 0 aromatic heterocycles. The molecule has 0 bridgehead atoms. The van der Waals surface area contributed by atoms with Crippen LogP contribution in [0.2, 0.25) is 0 Å². The largest absolute Gasteiger partial charge is 0.497 e. The molecule has 11 nitrogen and oxygen atoms in total. The number of benzene rings is 3. The van der Waals surface area contributed by atoms with Gasteiger partial charge >= 0.3 is 5.97 Å². The number of nitro groups is 1. The predicted molar refractivity (Wildman–Crippen MR) is 130 cm³/mol. The maximum atomic E-state index is 12.4. The molecule has 1 atom stereocenters. The average molecular weight is 493 g/mol. The van der Waals surface area contributed by atoms with Crippen LogP contribution in [0.15, 0.2) is 72.8 Å². The highest BCUT2D eigenvalue weighted by molar-refractivity contribution is 5.97. The normalized spacial score (nSPS) is 11.1. The van der Waals surface area contributed by atoms with Crippen molar-refractivity contribution in [1.29, 1.82) is 0 Å². The second kappa shape index (κ2) is 12.0. The Kier molecular flexibility index (Phi) is 8.54. The molecule has 0 aliphatic rings. The Morgan fingerprint density at radius 2 is 1.58 bits per heavy atom. The van der Waals surface area contributed by atoms with Crippen LogP contribution in [0.25, 0.3) is 0 Å². The number of amides is 2. The summed E-state index contributed by atoms with van der Waals surface area (Å²) in [6.07, 6.45) is -1.16. The molecule has 1 unspecified atom stereocenters. The van der Waals surface area contributed by atoms with Crippen molar-refractivity contribution in [2.45, 2.75) is 13.0 Å². The molecule has 0 radical (unpaired) electrons. The number of ether oxygens (including phenoxy) is 3. The van der Waals surface area contributed by atoms with Gasteiger partial charge in [0.05, 0.1) is 17.6 Å². The van der Waals surface area contributed by atoms with Gasteiger partial charge in [0.2, 0.25) is 0 Å². The molecule has 3 aromatic rings. The number of hydrogen-bond donors (Lipinski definition) is 2. The lowest BCUT2D eigenvalue weighted by molar-refractivity contribution is -0.384. The van der Waals surface area contributed by atoms with Crippen molar-refractivity contribution < 1.29 is 33.5 Å². The molecule has 3 rings (SSSR count). The Labute approximate surface area is 206 Å². The van der Waals surface area contributed by atoms with E-state index in [9.17, 15) is 24.5 Å². The molecule has 186 valence electrons. The van der Waals surface area contributed by atoms with Crippen LogP contribution < -0.4 is 20.1 Å². The standard InChI is InChI=1S/C25H23N3O8/c1-16(24(30)27-18-5-3-7-20(13-18)28(32)33)36-25(31)17-9-11-21(12-10-17)35-15-23(29)26-19-6-4-8-22(14-19)34-2/h3-14,16H,15H2,1-2H3,(H,26,29)(H,27,30). The molecule has 36 heavy (non-hydrogen) atoms. The van der Waals surface area contributed by atoms with E-state index in [1.165, 1.54) is 62.6 Å². The molecule has 3 aromatic carbocycles. The smallest absolute Gasteiger partial charge is 0.338 e. The molecular weight excluding hydrogens is 470 g/mol. The maximum absolute atomic E-state index is 12.4. The molecule has 0 saturated heterocycles. The van der Waals surface area contributed by atoms with Crippen molar-refractivity contribution in [3.05, 3.63) is 88.5 Å². The van der Waals surface area contributed by atoms with Crippen LogP contribution >= 0.6 is 0 Å². The monoisotopic (exact) mass is 493 g/mol. The van der Waals surface area contributed by atoms with Gasteiger partial charge in [0, 0.05) is 29.6 Å². The Morgan fingerprint density at radius 1 is 0.917 bits per heavy atom. The lowest BCUT2D eigenvalue weighted by atomic mass is 10.2. The molecule has 0 aliphatic heterocycles. The van der Waals surface area contributed by atoms with E-state index in [2.05, 4.69) is 10.6 Å². The van der Waals surface area contributed by atoms with Crippen molar-refractivity contribution in [2.24, 2.45) is 0 Å². The number of carbonyl (C=O) groups is 3. The molecule has 2 N–H and O–H groups in total. The number of methoxy groups -OCH3 is 1. The van der Waals surface area contributed by atoms with Crippen LogP contribution in [-0.2, 0) is 14.3 Å². The Balaban J connectivity index is 1.48. The van der Waals surface area contributed by atoms with Gasteiger partial charge in [0.15, 0.2) is 12.7 Å². The fourth-order valence-electron chi connectivity index (χ4n) is 2.96. The van der Waals surface area contributed by atoms with Crippen molar-refractivity contribution in [3.8, 4) is 11.5 Å². The Hall–Kier alpha value is -4.93. The lowest BCUT2D eigenvalue weighted by Crippen LogP contribution is -2.30. The number of esters is 1. The molecular formula is C25H23N3O8. The summed E-state index contributed by atoms with van der Waals surface area (Å²) in [4.78, 5) is 47.1. The number of nitrogens with zero attached hydrogens (tertiary/aromatic N) is 1. The molecule has 0 saturated carbocycles. The highest BCUT2D eigenvalue weighted by Gasteiger charge is 2.20. The zero-order valence-electron chi connectivity index (χ0n) is 19.4. The van der Waals surface area contributed by atoms with E-state index in [0.717, 1.165) is 0 Å².